The molecule has 0 aliphatic carbocycles. The van der Waals surface area contributed by atoms with Gasteiger partial charge in [0.1, 0.15) is 0 Å². The van der Waals surface area contributed by atoms with E-state index in [9.17, 15) is 4.57 Å². The summed E-state index contributed by atoms with van der Waals surface area (Å²) in [4.78, 5) is 0. The van der Waals surface area contributed by atoms with E-state index in [1.165, 1.54) is 0 Å². The van der Waals surface area contributed by atoms with Gasteiger partial charge in [-0.15, -0.1) is 11.6 Å². The lowest BCUT2D eigenvalue weighted by Crippen LogP contribution is -2.32. The van der Waals surface area contributed by atoms with Crippen molar-refractivity contribution in [2.24, 2.45) is 5.41 Å². The smallest absolute Gasteiger partial charge is 0.284 e. The van der Waals surface area contributed by atoms with E-state index in [1.807, 2.05) is 0 Å². The maximum Gasteiger partial charge on any atom is 0.507 e. The van der Waals surface area contributed by atoms with Crippen molar-refractivity contribution in [3.05, 3.63) is 0 Å². The molecule has 92 valence electrons. The van der Waals surface area contributed by atoms with Gasteiger partial charge in [-0.1, -0.05) is 31.9 Å². The molecule has 0 aromatic rings. The van der Waals surface area contributed by atoms with E-state index < -0.39 is 13.2 Å². The number of rotatable bonds is 8. The topological polar surface area (TPSA) is 44.8 Å². The van der Waals surface area contributed by atoms with Crippen molar-refractivity contribution in [2.45, 2.75) is 0 Å². The quantitative estimate of drug-likeness (QED) is 0.422. The SMILES string of the molecule is O=P(OCl)(OCl)OCC(CCl)(CBr)CBr. The molecule has 0 unspecified atom stereocenters. The van der Waals surface area contributed by atoms with Crippen LogP contribution in [0.4, 0.5) is 0 Å². The van der Waals surface area contributed by atoms with Crippen molar-refractivity contribution in [1.29, 1.82) is 0 Å². The third-order valence-corrected chi connectivity index (χ3v) is 6.29. The molecule has 0 heterocycles. The highest BCUT2D eigenvalue weighted by atomic mass is 79.9. The van der Waals surface area contributed by atoms with Gasteiger partial charge >= 0.3 is 7.82 Å². The van der Waals surface area contributed by atoms with Crippen molar-refractivity contribution in [3.63, 3.8) is 0 Å². The van der Waals surface area contributed by atoms with Crippen molar-refractivity contribution >= 4 is 75.0 Å². The van der Waals surface area contributed by atoms with Crippen molar-refractivity contribution < 1.29 is 17.2 Å². The fourth-order valence-electron chi connectivity index (χ4n) is 0.489. The van der Waals surface area contributed by atoms with Crippen molar-refractivity contribution in [1.82, 2.24) is 0 Å². The first-order chi connectivity index (χ1) is 7.01. The first kappa shape index (κ1) is 16.9. The monoisotopic (exact) mass is 426 g/mol. The molecule has 0 amide bonds. The summed E-state index contributed by atoms with van der Waals surface area (Å²) in [5.41, 5.74) is -0.442. The summed E-state index contributed by atoms with van der Waals surface area (Å²) in [5.74, 6) is 0.286. The molecule has 0 rings (SSSR count). The van der Waals surface area contributed by atoms with Gasteiger partial charge in [0.25, 0.3) is 0 Å². The average Bonchev–Trinajstić information content (AvgIpc) is 2.31. The summed E-state index contributed by atoms with van der Waals surface area (Å²) in [7, 11) is -3.89. The third-order valence-electron chi connectivity index (χ3n) is 1.55. The van der Waals surface area contributed by atoms with E-state index in [2.05, 4.69) is 40.0 Å². The zero-order valence-corrected chi connectivity index (χ0v) is 13.6. The van der Waals surface area contributed by atoms with E-state index in [1.54, 1.807) is 0 Å². The van der Waals surface area contributed by atoms with Crippen LogP contribution in [0.15, 0.2) is 0 Å². The van der Waals surface area contributed by atoms with Crippen LogP contribution in [0.5, 0.6) is 0 Å². The molecular weight excluding hydrogens is 421 g/mol. The van der Waals surface area contributed by atoms with Crippen LogP contribution in [-0.4, -0.2) is 23.1 Å². The van der Waals surface area contributed by atoms with E-state index in [0.29, 0.717) is 10.7 Å². The van der Waals surface area contributed by atoms with E-state index in [4.69, 9.17) is 39.9 Å². The highest BCUT2D eigenvalue weighted by Gasteiger charge is 2.34. The Morgan fingerprint density at radius 2 is 1.67 bits per heavy atom. The lowest BCUT2D eigenvalue weighted by Gasteiger charge is -2.27. The Morgan fingerprint density at radius 3 is 1.93 bits per heavy atom. The molecular formula is C5H8Br2Cl3O4P. The van der Waals surface area contributed by atoms with Gasteiger partial charge in [0.15, 0.2) is 0 Å². The van der Waals surface area contributed by atoms with Crippen LogP contribution in [0.2, 0.25) is 0 Å². The standard InChI is InChI=1S/C5H8Br2Cl3O4P/c6-1-5(2-7,3-8)4-12-15(11,13-9)14-10/h1-4H2. The van der Waals surface area contributed by atoms with Crippen molar-refractivity contribution in [2.75, 3.05) is 23.1 Å². The van der Waals surface area contributed by atoms with Gasteiger partial charge in [0.05, 0.1) is 30.3 Å². The molecule has 0 aliphatic heterocycles. The predicted octanol–water partition coefficient (Wildman–Crippen LogP) is 4.47. The van der Waals surface area contributed by atoms with Crippen LogP contribution < -0.4 is 0 Å². The van der Waals surface area contributed by atoms with Gasteiger partial charge in [0, 0.05) is 22.0 Å². The minimum Gasteiger partial charge on any atom is -0.284 e. The van der Waals surface area contributed by atoms with Gasteiger partial charge in [-0.05, 0) is 0 Å². The number of hydrogen-bond acceptors (Lipinski definition) is 4. The second-order valence-corrected chi connectivity index (χ2v) is 6.41. The Hall–Kier alpha value is 1.94. The molecule has 0 atom stereocenters. The van der Waals surface area contributed by atoms with Crippen LogP contribution in [0.3, 0.4) is 0 Å². The van der Waals surface area contributed by atoms with Crippen LogP contribution in [-0.2, 0) is 17.2 Å². The minimum absolute atomic E-state index is 0.0176. The fraction of sp³-hybridized carbons (Fsp3) is 1.00. The number of alkyl halides is 3. The average molecular weight is 429 g/mol. The van der Waals surface area contributed by atoms with Gasteiger partial charge in [0.2, 0.25) is 0 Å². The first-order valence-electron chi connectivity index (χ1n) is 3.54. The molecule has 0 radical (unpaired) electrons. The Bertz CT molecular complexity index is 212. The largest absolute Gasteiger partial charge is 0.507 e. The van der Waals surface area contributed by atoms with Gasteiger partial charge in [-0.25, -0.2) is 4.57 Å². The summed E-state index contributed by atoms with van der Waals surface area (Å²) in [6.07, 6.45) is 0. The maximum absolute atomic E-state index is 11.3. The summed E-state index contributed by atoms with van der Waals surface area (Å²) in [6.45, 7) is 0.0176. The summed E-state index contributed by atoms with van der Waals surface area (Å²) in [6, 6.07) is 0. The van der Waals surface area contributed by atoms with Crippen LogP contribution in [0, 0.1) is 5.41 Å². The molecule has 10 heteroatoms. The molecule has 0 aliphatic rings. The number of phosphoric acid groups is 1. The first-order valence-corrected chi connectivity index (χ1v) is 8.40. The Morgan fingerprint density at radius 1 is 1.20 bits per heavy atom. The van der Waals surface area contributed by atoms with Gasteiger partial charge < -0.3 is 0 Å². The second kappa shape index (κ2) is 8.11. The van der Waals surface area contributed by atoms with Crippen LogP contribution in [0.1, 0.15) is 0 Å². The third kappa shape index (κ3) is 5.40. The number of hydrogen-bond donors (Lipinski definition) is 0. The molecule has 0 saturated heterocycles. The molecule has 0 bridgehead atoms. The lowest BCUT2D eigenvalue weighted by molar-refractivity contribution is 0.160. The minimum atomic E-state index is -3.89. The molecule has 0 saturated carbocycles. The van der Waals surface area contributed by atoms with Crippen molar-refractivity contribution in [3.8, 4) is 0 Å². The Balaban J connectivity index is 4.39. The van der Waals surface area contributed by atoms with Gasteiger partial charge in [-0.3, -0.25) is 4.52 Å². The normalized spacial score (nSPS) is 13.1. The van der Waals surface area contributed by atoms with Crippen LogP contribution >= 0.6 is 75.0 Å². The van der Waals surface area contributed by atoms with Gasteiger partial charge in [-0.2, -0.15) is 8.15 Å². The Labute approximate surface area is 120 Å². The van der Waals surface area contributed by atoms with Crippen LogP contribution in [0.25, 0.3) is 0 Å². The predicted molar refractivity (Wildman–Crippen MR) is 68.2 cm³/mol. The molecule has 0 aromatic heterocycles. The molecule has 0 fully saturated rings. The highest BCUT2D eigenvalue weighted by Crippen LogP contribution is 2.53. The van der Waals surface area contributed by atoms with E-state index >= 15 is 0 Å². The summed E-state index contributed by atoms with van der Waals surface area (Å²) >= 11 is 22.1. The zero-order valence-electron chi connectivity index (χ0n) is 7.30. The Kier molecular flexibility index (Phi) is 9.16. The van der Waals surface area contributed by atoms with E-state index in [0.717, 1.165) is 0 Å². The van der Waals surface area contributed by atoms with E-state index in [-0.39, 0.29) is 12.5 Å². The molecule has 0 spiro atoms. The molecule has 4 nitrogen and oxygen atoms in total. The second-order valence-electron chi connectivity index (χ2n) is 2.76. The highest BCUT2D eigenvalue weighted by molar-refractivity contribution is 9.09. The summed E-state index contributed by atoms with van der Waals surface area (Å²) < 4.78 is 24.2. The number of halogens is 5. The molecule has 15 heavy (non-hydrogen) atoms. The maximum atomic E-state index is 11.3. The molecule has 0 N–H and O–H groups in total. The summed E-state index contributed by atoms with van der Waals surface area (Å²) in [5, 5.41) is 1.08. The molecule has 0 aromatic carbocycles. The zero-order chi connectivity index (χ0) is 11.9. The fourth-order valence-corrected chi connectivity index (χ4v) is 3.89. The lowest BCUT2D eigenvalue weighted by atomic mass is 9.98.